The zero-order valence-electron chi connectivity index (χ0n) is 6.88. The normalized spacial score (nSPS) is 9.50. The van der Waals surface area contributed by atoms with Gasteiger partial charge >= 0.3 is 0 Å². The smallest absolute Gasteiger partial charge is 0.221 e. The van der Waals surface area contributed by atoms with Crippen LogP contribution >= 0.6 is 11.3 Å². The number of amides is 1. The Morgan fingerprint density at radius 1 is 1.67 bits per heavy atom. The number of rotatable bonds is 2. The Labute approximate surface area is 74.4 Å². The van der Waals surface area contributed by atoms with Crippen LogP contribution in [-0.2, 0) is 4.79 Å². The number of anilines is 1. The summed E-state index contributed by atoms with van der Waals surface area (Å²) in [5.41, 5.74) is 0.549. The monoisotopic (exact) mass is 183 g/mol. The van der Waals surface area contributed by atoms with Crippen LogP contribution in [0.2, 0.25) is 0 Å². The van der Waals surface area contributed by atoms with Gasteiger partial charge in [-0.3, -0.25) is 9.59 Å². The maximum absolute atomic E-state index is 10.7. The minimum Gasteiger partial charge on any atom is -0.317 e. The summed E-state index contributed by atoms with van der Waals surface area (Å²) in [6.45, 7) is 3.31. The lowest BCUT2D eigenvalue weighted by atomic mass is 10.3. The first-order valence-electron chi connectivity index (χ1n) is 3.46. The van der Waals surface area contributed by atoms with Gasteiger partial charge in [-0.1, -0.05) is 0 Å². The molecule has 3 nitrogen and oxygen atoms in total. The second-order valence-electron chi connectivity index (χ2n) is 2.44. The molecule has 0 radical (unpaired) electrons. The van der Waals surface area contributed by atoms with E-state index < -0.39 is 0 Å². The maximum Gasteiger partial charge on any atom is 0.221 e. The van der Waals surface area contributed by atoms with Crippen LogP contribution in [0.4, 0.5) is 5.00 Å². The number of nitrogens with one attached hydrogen (secondary N) is 1. The molecule has 0 bridgehead atoms. The van der Waals surface area contributed by atoms with E-state index >= 15 is 0 Å². The number of carbonyl (C=O) groups excluding carboxylic acids is 2. The van der Waals surface area contributed by atoms with E-state index in [0.717, 1.165) is 11.2 Å². The fourth-order valence-corrected chi connectivity index (χ4v) is 1.81. The molecule has 0 saturated carbocycles. The van der Waals surface area contributed by atoms with Crippen LogP contribution in [0, 0.1) is 6.92 Å². The van der Waals surface area contributed by atoms with Crippen LogP contribution in [-0.4, -0.2) is 12.2 Å². The molecule has 64 valence electrons. The van der Waals surface area contributed by atoms with Gasteiger partial charge in [-0.15, -0.1) is 11.3 Å². The van der Waals surface area contributed by atoms with E-state index in [2.05, 4.69) is 5.32 Å². The number of thiophene rings is 1. The molecule has 1 aromatic rings. The summed E-state index contributed by atoms with van der Waals surface area (Å²) >= 11 is 1.40. The Hall–Kier alpha value is -1.16. The van der Waals surface area contributed by atoms with Crippen molar-refractivity contribution in [2.24, 2.45) is 0 Å². The molecule has 1 aromatic heterocycles. The van der Waals surface area contributed by atoms with Crippen molar-refractivity contribution in [1.29, 1.82) is 0 Å². The molecule has 1 N–H and O–H groups in total. The van der Waals surface area contributed by atoms with E-state index in [1.807, 2.05) is 6.92 Å². The predicted octanol–water partition coefficient (Wildman–Crippen LogP) is 1.83. The molecule has 12 heavy (non-hydrogen) atoms. The summed E-state index contributed by atoms with van der Waals surface area (Å²) < 4.78 is 0. The van der Waals surface area contributed by atoms with E-state index in [-0.39, 0.29) is 5.91 Å². The molecule has 0 unspecified atom stereocenters. The van der Waals surface area contributed by atoms with Gasteiger partial charge in [0.1, 0.15) is 5.00 Å². The molecule has 0 aromatic carbocycles. The molecule has 1 amide bonds. The Bertz CT molecular complexity index is 317. The van der Waals surface area contributed by atoms with Gasteiger partial charge in [0.15, 0.2) is 6.29 Å². The van der Waals surface area contributed by atoms with Crippen LogP contribution in [0.25, 0.3) is 0 Å². The van der Waals surface area contributed by atoms with Gasteiger partial charge in [-0.05, 0) is 13.0 Å². The SMILES string of the molecule is CC(=O)Nc1sc(C)cc1C=O. The van der Waals surface area contributed by atoms with Crippen LogP contribution in [0.15, 0.2) is 6.07 Å². The Morgan fingerprint density at radius 3 is 2.83 bits per heavy atom. The molecule has 0 saturated heterocycles. The van der Waals surface area contributed by atoms with Crippen LogP contribution in [0.3, 0.4) is 0 Å². The number of hydrogen-bond donors (Lipinski definition) is 1. The van der Waals surface area contributed by atoms with E-state index in [9.17, 15) is 9.59 Å². The van der Waals surface area contributed by atoms with Crippen molar-refractivity contribution in [3.63, 3.8) is 0 Å². The summed E-state index contributed by atoms with van der Waals surface area (Å²) in [7, 11) is 0. The summed E-state index contributed by atoms with van der Waals surface area (Å²) in [6.07, 6.45) is 0.745. The molecule has 0 aliphatic heterocycles. The van der Waals surface area contributed by atoms with Crippen molar-refractivity contribution >= 4 is 28.5 Å². The highest BCUT2D eigenvalue weighted by molar-refractivity contribution is 7.16. The molecule has 4 heteroatoms. The quantitative estimate of drug-likeness (QED) is 0.711. The van der Waals surface area contributed by atoms with Gasteiger partial charge in [0.05, 0.1) is 0 Å². The van der Waals surface area contributed by atoms with Gasteiger partial charge in [-0.2, -0.15) is 0 Å². The van der Waals surface area contributed by atoms with Gasteiger partial charge < -0.3 is 5.32 Å². The summed E-state index contributed by atoms with van der Waals surface area (Å²) in [6, 6.07) is 1.75. The number of aryl methyl sites for hydroxylation is 1. The van der Waals surface area contributed by atoms with Crippen molar-refractivity contribution in [3.8, 4) is 0 Å². The first-order chi connectivity index (χ1) is 5.63. The lowest BCUT2D eigenvalue weighted by Crippen LogP contribution is -2.05. The van der Waals surface area contributed by atoms with Crippen LogP contribution in [0.5, 0.6) is 0 Å². The molecule has 0 atom stereocenters. The molecular formula is C8H9NO2S. The first kappa shape index (κ1) is 8.93. The molecule has 1 rings (SSSR count). The summed E-state index contributed by atoms with van der Waals surface area (Å²) in [4.78, 5) is 22.2. The van der Waals surface area contributed by atoms with Crippen molar-refractivity contribution in [3.05, 3.63) is 16.5 Å². The average molecular weight is 183 g/mol. The zero-order chi connectivity index (χ0) is 9.14. The standard InChI is InChI=1S/C8H9NO2S/c1-5-3-7(4-10)8(12-5)9-6(2)11/h3-4H,1-2H3,(H,9,11). The third-order valence-electron chi connectivity index (χ3n) is 1.30. The zero-order valence-corrected chi connectivity index (χ0v) is 7.70. The van der Waals surface area contributed by atoms with Crippen molar-refractivity contribution in [2.75, 3.05) is 5.32 Å². The molecule has 1 heterocycles. The minimum absolute atomic E-state index is 0.153. The van der Waals surface area contributed by atoms with Crippen LogP contribution < -0.4 is 5.32 Å². The van der Waals surface area contributed by atoms with Gasteiger partial charge in [0.2, 0.25) is 5.91 Å². The second kappa shape index (κ2) is 3.49. The van der Waals surface area contributed by atoms with Gasteiger partial charge in [0, 0.05) is 17.4 Å². The first-order valence-corrected chi connectivity index (χ1v) is 4.28. The third-order valence-corrected chi connectivity index (χ3v) is 2.28. The molecule has 0 aliphatic rings. The van der Waals surface area contributed by atoms with Crippen LogP contribution in [0.1, 0.15) is 22.2 Å². The number of hydrogen-bond acceptors (Lipinski definition) is 3. The highest BCUT2D eigenvalue weighted by Crippen LogP contribution is 2.25. The fraction of sp³-hybridized carbons (Fsp3) is 0.250. The average Bonchev–Trinajstić information content (AvgIpc) is 2.29. The van der Waals surface area contributed by atoms with E-state index in [4.69, 9.17) is 0 Å². The topological polar surface area (TPSA) is 46.2 Å². The Balaban J connectivity index is 2.96. The predicted molar refractivity (Wildman–Crippen MR) is 48.7 cm³/mol. The third kappa shape index (κ3) is 1.92. The molecule has 0 fully saturated rings. The molecule has 0 aliphatic carbocycles. The van der Waals surface area contributed by atoms with Gasteiger partial charge in [-0.25, -0.2) is 0 Å². The van der Waals surface area contributed by atoms with Crippen molar-refractivity contribution in [2.45, 2.75) is 13.8 Å². The summed E-state index contributed by atoms with van der Waals surface area (Å²) in [5, 5.41) is 3.23. The lowest BCUT2D eigenvalue weighted by molar-refractivity contribution is -0.114. The van der Waals surface area contributed by atoms with E-state index in [1.165, 1.54) is 18.3 Å². The Kier molecular flexibility index (Phi) is 2.60. The van der Waals surface area contributed by atoms with E-state index in [1.54, 1.807) is 6.07 Å². The highest BCUT2D eigenvalue weighted by atomic mass is 32.1. The molecular weight excluding hydrogens is 174 g/mol. The number of carbonyl (C=O) groups is 2. The van der Waals surface area contributed by atoms with Crippen molar-refractivity contribution in [1.82, 2.24) is 0 Å². The highest BCUT2D eigenvalue weighted by Gasteiger charge is 2.06. The largest absolute Gasteiger partial charge is 0.317 e. The fourth-order valence-electron chi connectivity index (χ4n) is 0.879. The second-order valence-corrected chi connectivity index (χ2v) is 3.70. The summed E-state index contributed by atoms with van der Waals surface area (Å²) in [5.74, 6) is -0.153. The maximum atomic E-state index is 10.7. The lowest BCUT2D eigenvalue weighted by Gasteiger charge is -1.96. The van der Waals surface area contributed by atoms with Crippen molar-refractivity contribution < 1.29 is 9.59 Å². The minimum atomic E-state index is -0.153. The van der Waals surface area contributed by atoms with Gasteiger partial charge in [0.25, 0.3) is 0 Å². The molecule has 0 spiro atoms. The van der Waals surface area contributed by atoms with E-state index in [0.29, 0.717) is 10.6 Å². The Morgan fingerprint density at radius 2 is 2.33 bits per heavy atom. The number of aldehydes is 1.